The van der Waals surface area contributed by atoms with E-state index in [1.54, 1.807) is 0 Å². The molecule has 1 aromatic carbocycles. The largest absolute Gasteiger partial charge is 0.473 e. The third-order valence-corrected chi connectivity index (χ3v) is 2.63. The minimum atomic E-state index is 0.660. The molecule has 1 aliphatic heterocycles. The number of para-hydroxylation sites is 1. The summed E-state index contributed by atoms with van der Waals surface area (Å²) in [7, 11) is 0. The zero-order valence-corrected chi connectivity index (χ0v) is 8.66. The van der Waals surface area contributed by atoms with Gasteiger partial charge in [0.1, 0.15) is 5.75 Å². The number of rotatable bonds is 1. The van der Waals surface area contributed by atoms with Gasteiger partial charge >= 0.3 is 0 Å². The van der Waals surface area contributed by atoms with Gasteiger partial charge in [-0.3, -0.25) is 0 Å². The molecule has 0 aromatic heterocycles. The van der Waals surface area contributed by atoms with Crippen LogP contribution in [0, 0.1) is 0 Å². The van der Waals surface area contributed by atoms with Crippen LogP contribution in [0.4, 0.5) is 0 Å². The fourth-order valence-corrected chi connectivity index (χ4v) is 1.58. The Labute approximate surface area is 84.8 Å². The number of ether oxygens (including phenoxy) is 1. The van der Waals surface area contributed by atoms with E-state index in [-0.39, 0.29) is 0 Å². The van der Waals surface area contributed by atoms with Crippen molar-refractivity contribution in [2.75, 3.05) is 6.73 Å². The van der Waals surface area contributed by atoms with Gasteiger partial charge in [0.25, 0.3) is 0 Å². The topological polar surface area (TPSA) is 12.5 Å². The number of nitrogens with zero attached hydrogens (tertiary/aromatic N) is 1. The van der Waals surface area contributed by atoms with E-state index in [9.17, 15) is 0 Å². The number of hydrogen-bond acceptors (Lipinski definition) is 2. The van der Waals surface area contributed by atoms with E-state index in [0.29, 0.717) is 6.73 Å². The van der Waals surface area contributed by atoms with Gasteiger partial charge in [0.05, 0.1) is 0 Å². The second-order valence-corrected chi connectivity index (χ2v) is 3.51. The molecule has 1 aliphatic rings. The quantitative estimate of drug-likeness (QED) is 0.673. The van der Waals surface area contributed by atoms with Crippen LogP contribution in [-0.2, 0) is 6.54 Å². The molecule has 0 radical (unpaired) electrons. The molecule has 1 aromatic rings. The lowest BCUT2D eigenvalue weighted by Gasteiger charge is -2.31. The van der Waals surface area contributed by atoms with Gasteiger partial charge in [-0.25, -0.2) is 0 Å². The van der Waals surface area contributed by atoms with Gasteiger partial charge in [0.2, 0.25) is 0 Å². The second-order valence-electron chi connectivity index (χ2n) is 3.51. The van der Waals surface area contributed by atoms with Gasteiger partial charge in [-0.2, -0.15) is 0 Å². The van der Waals surface area contributed by atoms with Gasteiger partial charge in [-0.15, -0.1) is 0 Å². The maximum Gasteiger partial charge on any atom is 0.161 e. The van der Waals surface area contributed by atoms with E-state index in [2.05, 4.69) is 37.0 Å². The Hall–Kier alpha value is -1.44. The molecule has 0 saturated heterocycles. The van der Waals surface area contributed by atoms with E-state index in [1.165, 1.54) is 11.3 Å². The predicted octanol–water partition coefficient (Wildman–Crippen LogP) is 2.76. The highest BCUT2D eigenvalue weighted by Gasteiger charge is 2.15. The van der Waals surface area contributed by atoms with Gasteiger partial charge < -0.3 is 9.64 Å². The van der Waals surface area contributed by atoms with E-state index in [0.717, 1.165) is 12.3 Å². The van der Waals surface area contributed by atoms with Crippen LogP contribution >= 0.6 is 0 Å². The second kappa shape index (κ2) is 3.74. The summed E-state index contributed by atoms with van der Waals surface area (Å²) in [5, 5.41) is 0. The summed E-state index contributed by atoms with van der Waals surface area (Å²) in [6.45, 7) is 5.77. The third kappa shape index (κ3) is 1.60. The summed E-state index contributed by atoms with van der Waals surface area (Å²) in [6.07, 6.45) is 2.11. The molecule has 2 rings (SSSR count). The number of hydrogen-bond donors (Lipinski definition) is 0. The highest BCUT2D eigenvalue weighted by atomic mass is 16.5. The van der Waals surface area contributed by atoms with Crippen LogP contribution in [0.25, 0.3) is 0 Å². The summed E-state index contributed by atoms with van der Waals surface area (Å²) in [5.74, 6) is 1.02. The van der Waals surface area contributed by atoms with Crippen molar-refractivity contribution >= 4 is 0 Å². The lowest BCUT2D eigenvalue weighted by molar-refractivity contribution is 0.128. The van der Waals surface area contributed by atoms with Crippen LogP contribution in [0.2, 0.25) is 0 Å². The molecule has 2 heteroatoms. The van der Waals surface area contributed by atoms with Crippen LogP contribution in [0.5, 0.6) is 5.75 Å². The summed E-state index contributed by atoms with van der Waals surface area (Å²) >= 11 is 0. The summed E-state index contributed by atoms with van der Waals surface area (Å²) in [6, 6.07) is 8.20. The van der Waals surface area contributed by atoms with Crippen LogP contribution in [0.15, 0.2) is 36.0 Å². The molecule has 0 unspecified atom stereocenters. The first-order valence-electron chi connectivity index (χ1n) is 4.90. The Morgan fingerprint density at radius 2 is 2.21 bits per heavy atom. The maximum atomic E-state index is 5.64. The summed E-state index contributed by atoms with van der Waals surface area (Å²) < 4.78 is 5.64. The molecule has 0 aliphatic carbocycles. The van der Waals surface area contributed by atoms with E-state index in [1.807, 2.05) is 12.1 Å². The molecule has 0 saturated carbocycles. The third-order valence-electron chi connectivity index (χ3n) is 2.63. The predicted molar refractivity (Wildman–Crippen MR) is 56.9 cm³/mol. The number of benzene rings is 1. The monoisotopic (exact) mass is 189 g/mol. The van der Waals surface area contributed by atoms with Crippen LogP contribution in [-0.4, -0.2) is 11.6 Å². The SMILES string of the molecule is C/C=C(/C)N1COc2ccccc2C1. The summed E-state index contributed by atoms with van der Waals surface area (Å²) in [5.41, 5.74) is 2.53. The van der Waals surface area contributed by atoms with Crippen molar-refractivity contribution in [3.63, 3.8) is 0 Å². The van der Waals surface area contributed by atoms with E-state index in [4.69, 9.17) is 4.74 Å². The molecular weight excluding hydrogens is 174 g/mol. The van der Waals surface area contributed by atoms with Crippen LogP contribution in [0.1, 0.15) is 19.4 Å². The highest BCUT2D eigenvalue weighted by molar-refractivity contribution is 5.34. The average molecular weight is 189 g/mol. The van der Waals surface area contributed by atoms with Crippen molar-refractivity contribution in [1.29, 1.82) is 0 Å². The smallest absolute Gasteiger partial charge is 0.161 e. The van der Waals surface area contributed by atoms with E-state index < -0.39 is 0 Å². The van der Waals surface area contributed by atoms with Crippen molar-refractivity contribution in [2.45, 2.75) is 20.4 Å². The molecule has 2 nitrogen and oxygen atoms in total. The minimum absolute atomic E-state index is 0.660. The minimum Gasteiger partial charge on any atom is -0.473 e. The van der Waals surface area contributed by atoms with Gasteiger partial charge in [0.15, 0.2) is 6.73 Å². The maximum absolute atomic E-state index is 5.64. The van der Waals surface area contributed by atoms with Crippen LogP contribution < -0.4 is 4.74 Å². The first-order valence-corrected chi connectivity index (χ1v) is 4.90. The molecule has 0 atom stereocenters. The first-order chi connectivity index (χ1) is 6.81. The Kier molecular flexibility index (Phi) is 2.44. The van der Waals surface area contributed by atoms with Crippen molar-refractivity contribution in [1.82, 2.24) is 4.90 Å². The van der Waals surface area contributed by atoms with Gasteiger partial charge in [0, 0.05) is 17.8 Å². The van der Waals surface area contributed by atoms with Crippen molar-refractivity contribution < 1.29 is 4.74 Å². The molecule has 0 spiro atoms. The zero-order valence-electron chi connectivity index (χ0n) is 8.66. The normalized spacial score (nSPS) is 16.1. The Balaban J connectivity index is 2.21. The fraction of sp³-hybridized carbons (Fsp3) is 0.333. The molecule has 1 heterocycles. The number of allylic oxidation sites excluding steroid dienone is 2. The molecule has 14 heavy (non-hydrogen) atoms. The molecule has 0 N–H and O–H groups in total. The lowest BCUT2D eigenvalue weighted by atomic mass is 10.1. The van der Waals surface area contributed by atoms with Crippen molar-refractivity contribution in [3.05, 3.63) is 41.6 Å². The molecule has 0 bridgehead atoms. The molecular formula is C12H15NO. The lowest BCUT2D eigenvalue weighted by Crippen LogP contribution is -2.30. The molecule has 0 fully saturated rings. The van der Waals surface area contributed by atoms with E-state index >= 15 is 0 Å². The zero-order chi connectivity index (χ0) is 9.97. The van der Waals surface area contributed by atoms with Gasteiger partial charge in [-0.1, -0.05) is 24.3 Å². The molecule has 0 amide bonds. The Morgan fingerprint density at radius 3 is 3.00 bits per heavy atom. The van der Waals surface area contributed by atoms with Gasteiger partial charge in [-0.05, 0) is 19.9 Å². The highest BCUT2D eigenvalue weighted by Crippen LogP contribution is 2.25. The van der Waals surface area contributed by atoms with Crippen molar-refractivity contribution in [3.8, 4) is 5.75 Å². The Bertz CT molecular complexity index is 357. The van der Waals surface area contributed by atoms with Crippen molar-refractivity contribution in [2.24, 2.45) is 0 Å². The first kappa shape index (κ1) is 9.13. The summed E-state index contributed by atoms with van der Waals surface area (Å²) in [4.78, 5) is 2.22. The Morgan fingerprint density at radius 1 is 1.43 bits per heavy atom. The fourth-order valence-electron chi connectivity index (χ4n) is 1.58. The average Bonchev–Trinajstić information content (AvgIpc) is 2.27. The molecule has 74 valence electrons. The standard InChI is InChI=1S/C12H15NO/c1-3-10(2)13-8-11-6-4-5-7-12(11)14-9-13/h3-7H,8-9H2,1-2H3/b10-3-. The van der Waals surface area contributed by atoms with Crippen LogP contribution in [0.3, 0.4) is 0 Å². The number of fused-ring (bicyclic) bond motifs is 1.